The summed E-state index contributed by atoms with van der Waals surface area (Å²) in [6.07, 6.45) is 2.53. The van der Waals surface area contributed by atoms with E-state index in [1.165, 1.54) is 12.8 Å². The van der Waals surface area contributed by atoms with E-state index in [0.717, 1.165) is 24.8 Å². The van der Waals surface area contributed by atoms with Gasteiger partial charge in [-0.3, -0.25) is 0 Å². The van der Waals surface area contributed by atoms with Crippen molar-refractivity contribution in [3.8, 4) is 5.75 Å². The Hall–Kier alpha value is -0.730. The molecule has 1 saturated carbocycles. The first-order chi connectivity index (χ1) is 6.89. The number of nitrogens with one attached hydrogen (secondary N) is 1. The van der Waals surface area contributed by atoms with Crippen molar-refractivity contribution < 1.29 is 4.74 Å². The van der Waals surface area contributed by atoms with E-state index in [2.05, 4.69) is 5.32 Å². The summed E-state index contributed by atoms with van der Waals surface area (Å²) in [5, 5.41) is 3.42. The molecule has 0 radical (unpaired) electrons. The zero-order valence-corrected chi connectivity index (χ0v) is 9.43. The SMILES string of the molecule is Cl.c1ccc(OC23CCC2CNC3)cc1. The van der Waals surface area contributed by atoms with E-state index in [0.29, 0.717) is 0 Å². The van der Waals surface area contributed by atoms with E-state index in [4.69, 9.17) is 4.74 Å². The lowest BCUT2D eigenvalue weighted by Gasteiger charge is -2.43. The predicted molar refractivity (Wildman–Crippen MR) is 62.6 cm³/mol. The smallest absolute Gasteiger partial charge is 0.125 e. The molecule has 1 heterocycles. The van der Waals surface area contributed by atoms with Crippen molar-refractivity contribution in [2.75, 3.05) is 13.1 Å². The molecule has 1 saturated heterocycles. The number of halogens is 1. The predicted octanol–water partition coefficient (Wildman–Crippen LogP) is 2.24. The number of hydrogen-bond acceptors (Lipinski definition) is 2. The van der Waals surface area contributed by atoms with Gasteiger partial charge in [-0.2, -0.15) is 0 Å². The van der Waals surface area contributed by atoms with Crippen molar-refractivity contribution in [1.29, 1.82) is 0 Å². The van der Waals surface area contributed by atoms with Crippen LogP contribution in [0.4, 0.5) is 0 Å². The molecule has 82 valence electrons. The van der Waals surface area contributed by atoms with Gasteiger partial charge in [0.15, 0.2) is 0 Å². The Bertz CT molecular complexity index is 330. The van der Waals surface area contributed by atoms with E-state index in [1.807, 2.05) is 30.3 Å². The van der Waals surface area contributed by atoms with E-state index in [1.54, 1.807) is 0 Å². The van der Waals surface area contributed by atoms with E-state index < -0.39 is 0 Å². The van der Waals surface area contributed by atoms with Crippen molar-refractivity contribution in [3.05, 3.63) is 30.3 Å². The van der Waals surface area contributed by atoms with Crippen LogP contribution in [0.5, 0.6) is 5.75 Å². The maximum absolute atomic E-state index is 6.10. The first-order valence-corrected chi connectivity index (χ1v) is 5.34. The fourth-order valence-corrected chi connectivity index (χ4v) is 2.54. The van der Waals surface area contributed by atoms with Crippen LogP contribution in [0.2, 0.25) is 0 Å². The molecule has 2 unspecified atom stereocenters. The molecular weight excluding hydrogens is 210 g/mol. The van der Waals surface area contributed by atoms with Crippen LogP contribution in [0, 0.1) is 5.92 Å². The number of fused-ring (bicyclic) bond motifs is 1. The molecule has 2 nitrogen and oxygen atoms in total. The molecular formula is C12H16ClNO. The summed E-state index contributed by atoms with van der Waals surface area (Å²) >= 11 is 0. The Balaban J connectivity index is 0.000000853. The molecule has 3 rings (SSSR count). The van der Waals surface area contributed by atoms with Gasteiger partial charge in [0, 0.05) is 19.0 Å². The average Bonchev–Trinajstić information content (AvgIpc) is 2.47. The molecule has 0 spiro atoms. The number of hydrogen-bond donors (Lipinski definition) is 1. The van der Waals surface area contributed by atoms with E-state index in [9.17, 15) is 0 Å². The van der Waals surface area contributed by atoms with Gasteiger partial charge in [0.05, 0.1) is 0 Å². The highest BCUT2D eigenvalue weighted by molar-refractivity contribution is 5.85. The van der Waals surface area contributed by atoms with Gasteiger partial charge in [0.2, 0.25) is 0 Å². The lowest BCUT2D eigenvalue weighted by molar-refractivity contribution is -0.0325. The monoisotopic (exact) mass is 225 g/mol. The fourth-order valence-electron chi connectivity index (χ4n) is 2.54. The zero-order chi connectivity index (χ0) is 9.43. The zero-order valence-electron chi connectivity index (χ0n) is 8.61. The van der Waals surface area contributed by atoms with E-state index in [-0.39, 0.29) is 18.0 Å². The molecule has 2 aliphatic rings. The van der Waals surface area contributed by atoms with Crippen LogP contribution in [0.3, 0.4) is 0 Å². The number of benzene rings is 1. The second-order valence-corrected chi connectivity index (χ2v) is 4.35. The van der Waals surface area contributed by atoms with Gasteiger partial charge >= 0.3 is 0 Å². The number of para-hydroxylation sites is 1. The van der Waals surface area contributed by atoms with Crippen LogP contribution in [0.1, 0.15) is 12.8 Å². The molecule has 0 bridgehead atoms. The second-order valence-electron chi connectivity index (χ2n) is 4.35. The van der Waals surface area contributed by atoms with Crippen LogP contribution in [-0.4, -0.2) is 18.7 Å². The van der Waals surface area contributed by atoms with E-state index >= 15 is 0 Å². The molecule has 1 N–H and O–H groups in total. The van der Waals surface area contributed by atoms with Crippen LogP contribution in [0.15, 0.2) is 30.3 Å². The van der Waals surface area contributed by atoms with Crippen LogP contribution < -0.4 is 10.1 Å². The van der Waals surface area contributed by atoms with Gasteiger partial charge in [-0.15, -0.1) is 12.4 Å². The Kier molecular flexibility index (Phi) is 2.89. The Morgan fingerprint density at radius 1 is 1.27 bits per heavy atom. The average molecular weight is 226 g/mol. The van der Waals surface area contributed by atoms with Crippen LogP contribution in [0.25, 0.3) is 0 Å². The number of ether oxygens (including phenoxy) is 1. The van der Waals surface area contributed by atoms with Crippen molar-refractivity contribution in [2.24, 2.45) is 5.92 Å². The third-order valence-electron chi connectivity index (χ3n) is 3.54. The quantitative estimate of drug-likeness (QED) is 0.834. The normalized spacial score (nSPS) is 32.4. The summed E-state index contributed by atoms with van der Waals surface area (Å²) in [4.78, 5) is 0. The van der Waals surface area contributed by atoms with Gasteiger partial charge < -0.3 is 10.1 Å². The van der Waals surface area contributed by atoms with Crippen LogP contribution in [-0.2, 0) is 0 Å². The molecule has 15 heavy (non-hydrogen) atoms. The second kappa shape index (κ2) is 4.03. The van der Waals surface area contributed by atoms with Gasteiger partial charge in [-0.1, -0.05) is 18.2 Å². The third-order valence-corrected chi connectivity index (χ3v) is 3.54. The summed E-state index contributed by atoms with van der Waals surface area (Å²) in [5.74, 6) is 1.75. The maximum atomic E-state index is 6.10. The Morgan fingerprint density at radius 3 is 2.67 bits per heavy atom. The standard InChI is InChI=1S/C12H15NO.ClH/c1-2-4-11(5-3-1)14-12-7-6-10(12)8-13-9-12;/h1-5,10,13H,6-9H2;1H. The van der Waals surface area contributed by atoms with Gasteiger partial charge in [0.1, 0.15) is 11.4 Å². The van der Waals surface area contributed by atoms with Gasteiger partial charge in [-0.25, -0.2) is 0 Å². The largest absolute Gasteiger partial charge is 0.486 e. The molecule has 0 amide bonds. The third kappa shape index (κ3) is 1.72. The molecule has 1 aromatic carbocycles. The molecule has 2 fully saturated rings. The number of rotatable bonds is 2. The topological polar surface area (TPSA) is 21.3 Å². The molecule has 1 aliphatic carbocycles. The molecule has 3 heteroatoms. The summed E-state index contributed by atoms with van der Waals surface area (Å²) in [5.41, 5.74) is 0.126. The molecule has 2 atom stereocenters. The first kappa shape index (κ1) is 10.8. The Morgan fingerprint density at radius 2 is 2.07 bits per heavy atom. The van der Waals surface area contributed by atoms with Gasteiger partial charge in [0.25, 0.3) is 0 Å². The lowest BCUT2D eigenvalue weighted by Crippen LogP contribution is -2.51. The van der Waals surface area contributed by atoms with Crippen molar-refractivity contribution in [1.82, 2.24) is 5.32 Å². The highest BCUT2D eigenvalue weighted by Gasteiger charge is 2.52. The summed E-state index contributed by atoms with van der Waals surface area (Å²) in [6.45, 7) is 2.15. The molecule has 0 aromatic heterocycles. The van der Waals surface area contributed by atoms with Crippen LogP contribution >= 0.6 is 12.4 Å². The van der Waals surface area contributed by atoms with Gasteiger partial charge in [-0.05, 0) is 25.0 Å². The van der Waals surface area contributed by atoms with Crippen molar-refractivity contribution in [2.45, 2.75) is 18.4 Å². The molecule has 1 aliphatic heterocycles. The minimum Gasteiger partial charge on any atom is -0.486 e. The maximum Gasteiger partial charge on any atom is 0.125 e. The minimum absolute atomic E-state index is 0. The van der Waals surface area contributed by atoms with Crippen molar-refractivity contribution in [3.63, 3.8) is 0 Å². The molecule has 1 aromatic rings. The summed E-state index contributed by atoms with van der Waals surface area (Å²) < 4.78 is 6.10. The minimum atomic E-state index is 0. The van der Waals surface area contributed by atoms with Crippen molar-refractivity contribution >= 4 is 12.4 Å². The fraction of sp³-hybridized carbons (Fsp3) is 0.500. The highest BCUT2D eigenvalue weighted by Crippen LogP contribution is 2.44. The Labute approximate surface area is 96.4 Å². The lowest BCUT2D eigenvalue weighted by atomic mass is 9.71. The summed E-state index contributed by atoms with van der Waals surface area (Å²) in [6, 6.07) is 10.2. The summed E-state index contributed by atoms with van der Waals surface area (Å²) in [7, 11) is 0. The highest BCUT2D eigenvalue weighted by atomic mass is 35.5. The first-order valence-electron chi connectivity index (χ1n) is 5.34.